The molecule has 0 amide bonds. The average Bonchev–Trinajstić information content (AvgIpc) is 2.77. The number of hydrogen-bond donors (Lipinski definition) is 0. The standard InChI is InChI=1S/C28H34Br2/c1-5-14-27(3,6-2)19-10-12-21-23(17-19)25(29)22-13-11-20(18-24(22)26(21)30)28(4)15-8-7-9-16-28/h10-13,17-18H,5-9,14-16H2,1-4H3. The second-order valence-corrected chi connectivity index (χ2v) is 11.5. The first kappa shape index (κ1) is 22.3. The lowest BCUT2D eigenvalue weighted by molar-refractivity contribution is 0.320. The minimum absolute atomic E-state index is 0.239. The molecule has 3 aromatic carbocycles. The quantitative estimate of drug-likeness (QED) is 0.288. The molecule has 0 saturated heterocycles. The molecule has 1 atom stereocenters. The maximum Gasteiger partial charge on any atom is 0.0333 e. The fourth-order valence-electron chi connectivity index (χ4n) is 5.57. The third-order valence-corrected chi connectivity index (χ3v) is 9.63. The molecule has 0 bridgehead atoms. The van der Waals surface area contributed by atoms with Gasteiger partial charge in [-0.1, -0.05) is 77.6 Å². The molecule has 1 fully saturated rings. The second kappa shape index (κ2) is 8.58. The Morgan fingerprint density at radius 3 is 2.03 bits per heavy atom. The van der Waals surface area contributed by atoms with Gasteiger partial charge >= 0.3 is 0 Å². The normalized spacial score (nSPS) is 18.6. The van der Waals surface area contributed by atoms with E-state index in [0.29, 0.717) is 5.41 Å². The summed E-state index contributed by atoms with van der Waals surface area (Å²) < 4.78 is 2.46. The Hall–Kier alpha value is -0.860. The molecule has 0 aromatic heterocycles. The highest BCUT2D eigenvalue weighted by Gasteiger charge is 2.29. The van der Waals surface area contributed by atoms with Crippen LogP contribution in [0.2, 0.25) is 0 Å². The van der Waals surface area contributed by atoms with Gasteiger partial charge in [0.25, 0.3) is 0 Å². The molecule has 2 heteroatoms. The van der Waals surface area contributed by atoms with Crippen LogP contribution in [0.3, 0.4) is 0 Å². The monoisotopic (exact) mass is 528 g/mol. The molecule has 1 aliphatic carbocycles. The zero-order chi connectivity index (χ0) is 21.5. The lowest BCUT2D eigenvalue weighted by atomic mass is 9.70. The summed E-state index contributed by atoms with van der Waals surface area (Å²) in [6.07, 6.45) is 10.3. The van der Waals surface area contributed by atoms with E-state index in [2.05, 4.69) is 96.0 Å². The first-order chi connectivity index (χ1) is 14.3. The third-order valence-electron chi connectivity index (χ3n) is 7.92. The van der Waals surface area contributed by atoms with Gasteiger partial charge in [-0.2, -0.15) is 0 Å². The van der Waals surface area contributed by atoms with Crippen molar-refractivity contribution in [1.82, 2.24) is 0 Å². The first-order valence-electron chi connectivity index (χ1n) is 11.7. The Morgan fingerprint density at radius 1 is 0.833 bits per heavy atom. The Kier molecular flexibility index (Phi) is 6.39. The SMILES string of the molecule is CCCC(C)(CC)c1ccc2c(Br)c3cc(C4(C)CCCCC4)ccc3c(Br)c2c1. The van der Waals surface area contributed by atoms with E-state index in [1.165, 1.54) is 93.0 Å². The number of fused-ring (bicyclic) bond motifs is 2. The molecule has 0 nitrogen and oxygen atoms in total. The highest BCUT2D eigenvalue weighted by molar-refractivity contribution is 9.11. The van der Waals surface area contributed by atoms with Crippen LogP contribution in [-0.4, -0.2) is 0 Å². The van der Waals surface area contributed by atoms with Crippen molar-refractivity contribution in [2.75, 3.05) is 0 Å². The molecular formula is C28H34Br2. The summed E-state index contributed by atoms with van der Waals surface area (Å²) in [4.78, 5) is 0. The van der Waals surface area contributed by atoms with Crippen molar-refractivity contribution in [1.29, 1.82) is 0 Å². The van der Waals surface area contributed by atoms with Gasteiger partial charge in [-0.15, -0.1) is 0 Å². The minimum atomic E-state index is 0.239. The molecule has 0 N–H and O–H groups in total. The fraction of sp³-hybridized carbons (Fsp3) is 0.500. The zero-order valence-electron chi connectivity index (χ0n) is 18.9. The van der Waals surface area contributed by atoms with Crippen molar-refractivity contribution < 1.29 is 0 Å². The van der Waals surface area contributed by atoms with Crippen LogP contribution >= 0.6 is 31.9 Å². The van der Waals surface area contributed by atoms with Gasteiger partial charge in [-0.3, -0.25) is 0 Å². The van der Waals surface area contributed by atoms with Gasteiger partial charge in [0.15, 0.2) is 0 Å². The lowest BCUT2D eigenvalue weighted by Gasteiger charge is -2.34. The predicted octanol–water partition coefficient (Wildman–Crippen LogP) is 10.2. The molecule has 0 heterocycles. The Labute approximate surface area is 199 Å². The summed E-state index contributed by atoms with van der Waals surface area (Å²) >= 11 is 7.99. The molecule has 0 radical (unpaired) electrons. The molecule has 30 heavy (non-hydrogen) atoms. The second-order valence-electron chi connectivity index (χ2n) is 9.93. The van der Waals surface area contributed by atoms with Gasteiger partial charge in [0.05, 0.1) is 0 Å². The Bertz CT molecular complexity index is 1000. The molecule has 1 saturated carbocycles. The number of rotatable bonds is 5. The molecule has 160 valence electrons. The summed E-state index contributed by atoms with van der Waals surface area (Å²) in [5.41, 5.74) is 3.51. The number of hydrogen-bond acceptors (Lipinski definition) is 0. The van der Waals surface area contributed by atoms with Crippen LogP contribution in [0.15, 0.2) is 45.3 Å². The fourth-order valence-corrected chi connectivity index (χ4v) is 6.92. The number of halogens is 2. The van der Waals surface area contributed by atoms with Gasteiger partial charge in [0.1, 0.15) is 0 Å². The van der Waals surface area contributed by atoms with Crippen LogP contribution in [0.25, 0.3) is 21.5 Å². The van der Waals surface area contributed by atoms with Crippen molar-refractivity contribution in [2.45, 2.75) is 89.9 Å². The number of benzene rings is 3. The molecule has 4 rings (SSSR count). The van der Waals surface area contributed by atoms with Crippen molar-refractivity contribution in [3.8, 4) is 0 Å². The van der Waals surface area contributed by atoms with Gasteiger partial charge in [-0.25, -0.2) is 0 Å². The Balaban J connectivity index is 1.89. The van der Waals surface area contributed by atoms with Gasteiger partial charge in [-0.05, 0) is 113 Å². The van der Waals surface area contributed by atoms with E-state index in [1.54, 1.807) is 0 Å². The Morgan fingerprint density at radius 2 is 1.43 bits per heavy atom. The van der Waals surface area contributed by atoms with Crippen molar-refractivity contribution in [3.05, 3.63) is 56.5 Å². The van der Waals surface area contributed by atoms with Crippen LogP contribution in [-0.2, 0) is 10.8 Å². The molecule has 3 aromatic rings. The predicted molar refractivity (Wildman–Crippen MR) is 140 cm³/mol. The van der Waals surface area contributed by atoms with E-state index >= 15 is 0 Å². The summed E-state index contributed by atoms with van der Waals surface area (Å²) in [5, 5.41) is 5.26. The minimum Gasteiger partial charge on any atom is -0.0654 e. The highest BCUT2D eigenvalue weighted by atomic mass is 79.9. The summed E-state index contributed by atoms with van der Waals surface area (Å²) in [6, 6.07) is 14.3. The van der Waals surface area contributed by atoms with Crippen LogP contribution in [0.5, 0.6) is 0 Å². The maximum atomic E-state index is 3.99. The lowest BCUT2D eigenvalue weighted by Crippen LogP contribution is -2.24. The van der Waals surface area contributed by atoms with Crippen LogP contribution in [0, 0.1) is 0 Å². The summed E-state index contributed by atoms with van der Waals surface area (Å²) in [5.74, 6) is 0. The summed E-state index contributed by atoms with van der Waals surface area (Å²) in [7, 11) is 0. The smallest absolute Gasteiger partial charge is 0.0333 e. The maximum absolute atomic E-state index is 3.99. The van der Waals surface area contributed by atoms with E-state index < -0.39 is 0 Å². The topological polar surface area (TPSA) is 0 Å². The molecule has 0 aliphatic heterocycles. The zero-order valence-corrected chi connectivity index (χ0v) is 22.0. The largest absolute Gasteiger partial charge is 0.0654 e. The van der Waals surface area contributed by atoms with Crippen LogP contribution in [0.4, 0.5) is 0 Å². The van der Waals surface area contributed by atoms with Crippen LogP contribution < -0.4 is 0 Å². The van der Waals surface area contributed by atoms with E-state index in [4.69, 9.17) is 0 Å². The van der Waals surface area contributed by atoms with Gasteiger partial charge in [0.2, 0.25) is 0 Å². The average molecular weight is 530 g/mol. The third kappa shape index (κ3) is 3.77. The van der Waals surface area contributed by atoms with Crippen molar-refractivity contribution in [3.63, 3.8) is 0 Å². The van der Waals surface area contributed by atoms with E-state index in [0.717, 1.165) is 0 Å². The van der Waals surface area contributed by atoms with E-state index in [9.17, 15) is 0 Å². The van der Waals surface area contributed by atoms with E-state index in [-0.39, 0.29) is 5.41 Å². The van der Waals surface area contributed by atoms with E-state index in [1.807, 2.05) is 0 Å². The van der Waals surface area contributed by atoms with Gasteiger partial charge < -0.3 is 0 Å². The van der Waals surface area contributed by atoms with Crippen molar-refractivity contribution in [2.24, 2.45) is 0 Å². The molecule has 1 unspecified atom stereocenters. The molecule has 1 aliphatic rings. The molecular weight excluding hydrogens is 496 g/mol. The molecule has 0 spiro atoms. The van der Waals surface area contributed by atoms with Crippen LogP contribution in [0.1, 0.15) is 90.2 Å². The summed E-state index contributed by atoms with van der Waals surface area (Å²) in [6.45, 7) is 9.49. The highest BCUT2D eigenvalue weighted by Crippen LogP contribution is 2.45. The van der Waals surface area contributed by atoms with Crippen molar-refractivity contribution >= 4 is 53.4 Å². The van der Waals surface area contributed by atoms with Gasteiger partial charge in [0, 0.05) is 8.95 Å². The first-order valence-corrected chi connectivity index (χ1v) is 13.3.